The van der Waals surface area contributed by atoms with Crippen LogP contribution in [-0.2, 0) is 0 Å². The Morgan fingerprint density at radius 2 is 2.22 bits per heavy atom. The van der Waals surface area contributed by atoms with Crippen molar-refractivity contribution in [3.8, 4) is 11.8 Å². The molecule has 1 aliphatic carbocycles. The lowest BCUT2D eigenvalue weighted by Crippen LogP contribution is -2.34. The minimum Gasteiger partial charge on any atom is -0.347 e. The molecule has 0 bridgehead atoms. The second-order valence-electron chi connectivity index (χ2n) is 5.05. The lowest BCUT2D eigenvalue weighted by atomic mass is 10.0. The zero-order chi connectivity index (χ0) is 13.2. The van der Waals surface area contributed by atoms with Gasteiger partial charge in [-0.25, -0.2) is 0 Å². The number of amides is 1. The fourth-order valence-corrected chi connectivity index (χ4v) is 1.75. The average molecular weight is 242 g/mol. The van der Waals surface area contributed by atoms with E-state index >= 15 is 0 Å². The molecule has 1 aliphatic rings. The Balaban J connectivity index is 2.15. The van der Waals surface area contributed by atoms with Crippen molar-refractivity contribution < 1.29 is 4.79 Å². The van der Waals surface area contributed by atoms with Gasteiger partial charge < -0.3 is 11.1 Å². The molecule has 1 aromatic rings. The Morgan fingerprint density at radius 1 is 1.50 bits per heavy atom. The number of benzene rings is 1. The van der Waals surface area contributed by atoms with Crippen LogP contribution in [0.3, 0.4) is 0 Å². The minimum atomic E-state index is -0.00330. The molecule has 1 saturated carbocycles. The van der Waals surface area contributed by atoms with E-state index in [0.717, 1.165) is 24.0 Å². The highest BCUT2D eigenvalue weighted by molar-refractivity contribution is 5.95. The molecule has 1 aromatic carbocycles. The van der Waals surface area contributed by atoms with E-state index in [1.54, 1.807) is 0 Å². The number of aryl methyl sites for hydroxylation is 1. The third kappa shape index (κ3) is 2.91. The molecule has 0 radical (unpaired) electrons. The van der Waals surface area contributed by atoms with Gasteiger partial charge in [0.25, 0.3) is 5.91 Å². The van der Waals surface area contributed by atoms with Gasteiger partial charge in [0.05, 0.1) is 6.54 Å². The normalized spacial score (nSPS) is 15.5. The molecule has 0 aliphatic heterocycles. The zero-order valence-corrected chi connectivity index (χ0v) is 10.8. The highest BCUT2D eigenvalue weighted by Crippen LogP contribution is 2.34. The lowest BCUT2D eigenvalue weighted by Gasteiger charge is -2.12. The van der Waals surface area contributed by atoms with Crippen LogP contribution in [0.4, 0.5) is 0 Å². The van der Waals surface area contributed by atoms with E-state index in [1.165, 1.54) is 0 Å². The summed E-state index contributed by atoms with van der Waals surface area (Å²) in [4.78, 5) is 12.0. The van der Waals surface area contributed by atoms with Gasteiger partial charge in [0.2, 0.25) is 0 Å². The van der Waals surface area contributed by atoms with Crippen molar-refractivity contribution in [3.05, 3.63) is 34.9 Å². The largest absolute Gasteiger partial charge is 0.347 e. The maximum absolute atomic E-state index is 12.0. The molecule has 3 N–H and O–H groups in total. The zero-order valence-electron chi connectivity index (χ0n) is 10.8. The summed E-state index contributed by atoms with van der Waals surface area (Å²) in [6, 6.07) is 5.57. The summed E-state index contributed by atoms with van der Waals surface area (Å²) < 4.78 is 0. The van der Waals surface area contributed by atoms with Gasteiger partial charge in [0.15, 0.2) is 0 Å². The number of carbonyl (C=O) groups is 1. The van der Waals surface area contributed by atoms with Gasteiger partial charge in [-0.3, -0.25) is 4.79 Å². The summed E-state index contributed by atoms with van der Waals surface area (Å²) in [7, 11) is 0. The molecule has 1 amide bonds. The number of nitrogens with two attached hydrogens (primary N) is 1. The Kier molecular flexibility index (Phi) is 3.40. The molecule has 1 fully saturated rings. The van der Waals surface area contributed by atoms with Gasteiger partial charge in [-0.05, 0) is 50.5 Å². The number of rotatable bonds is 2. The van der Waals surface area contributed by atoms with Crippen LogP contribution in [0.5, 0.6) is 0 Å². The SMILES string of the molecule is Cc1cc(C(=O)NC2(C)CC2)ccc1C#CCN. The molecular weight excluding hydrogens is 224 g/mol. The van der Waals surface area contributed by atoms with Crippen molar-refractivity contribution in [1.29, 1.82) is 0 Å². The van der Waals surface area contributed by atoms with Gasteiger partial charge in [0, 0.05) is 16.7 Å². The summed E-state index contributed by atoms with van der Waals surface area (Å²) in [6.45, 7) is 4.37. The van der Waals surface area contributed by atoms with Gasteiger partial charge in [0.1, 0.15) is 0 Å². The molecule has 0 aromatic heterocycles. The molecule has 3 heteroatoms. The van der Waals surface area contributed by atoms with E-state index in [9.17, 15) is 4.79 Å². The Hall–Kier alpha value is -1.79. The van der Waals surface area contributed by atoms with E-state index in [2.05, 4.69) is 24.1 Å². The predicted molar refractivity (Wildman–Crippen MR) is 72.2 cm³/mol. The number of hydrogen-bond acceptors (Lipinski definition) is 2. The van der Waals surface area contributed by atoms with Crippen molar-refractivity contribution in [3.63, 3.8) is 0 Å². The molecule has 0 saturated heterocycles. The topological polar surface area (TPSA) is 55.1 Å². The first-order valence-electron chi connectivity index (χ1n) is 6.16. The van der Waals surface area contributed by atoms with Gasteiger partial charge in [-0.1, -0.05) is 11.8 Å². The second kappa shape index (κ2) is 4.83. The molecule has 94 valence electrons. The summed E-state index contributed by atoms with van der Waals surface area (Å²) in [5.41, 5.74) is 7.98. The monoisotopic (exact) mass is 242 g/mol. The van der Waals surface area contributed by atoms with Crippen LogP contribution in [0.2, 0.25) is 0 Å². The number of hydrogen-bond donors (Lipinski definition) is 2. The highest BCUT2D eigenvalue weighted by Gasteiger charge is 2.38. The Labute approximate surface area is 108 Å². The first kappa shape index (κ1) is 12.7. The van der Waals surface area contributed by atoms with Crippen molar-refractivity contribution in [2.45, 2.75) is 32.2 Å². The van der Waals surface area contributed by atoms with E-state index in [0.29, 0.717) is 12.1 Å². The summed E-state index contributed by atoms with van der Waals surface area (Å²) >= 11 is 0. The van der Waals surface area contributed by atoms with E-state index < -0.39 is 0 Å². The highest BCUT2D eigenvalue weighted by atomic mass is 16.1. The Bertz CT molecular complexity index is 533. The van der Waals surface area contributed by atoms with Crippen molar-refractivity contribution in [2.75, 3.05) is 6.54 Å². The third-order valence-corrected chi connectivity index (χ3v) is 3.23. The van der Waals surface area contributed by atoms with Crippen LogP contribution in [0.15, 0.2) is 18.2 Å². The molecule has 0 heterocycles. The van der Waals surface area contributed by atoms with Crippen molar-refractivity contribution in [1.82, 2.24) is 5.32 Å². The fourth-order valence-electron chi connectivity index (χ4n) is 1.75. The Morgan fingerprint density at radius 3 is 2.78 bits per heavy atom. The molecule has 0 spiro atoms. The van der Waals surface area contributed by atoms with E-state index in [-0.39, 0.29) is 11.4 Å². The first-order chi connectivity index (χ1) is 8.54. The molecular formula is C15H18N2O. The van der Waals surface area contributed by atoms with Gasteiger partial charge >= 0.3 is 0 Å². The van der Waals surface area contributed by atoms with Crippen molar-refractivity contribution >= 4 is 5.91 Å². The fraction of sp³-hybridized carbons (Fsp3) is 0.400. The quantitative estimate of drug-likeness (QED) is 0.774. The average Bonchev–Trinajstić information content (AvgIpc) is 3.05. The number of carbonyl (C=O) groups excluding carboxylic acids is 1. The molecule has 3 nitrogen and oxygen atoms in total. The van der Waals surface area contributed by atoms with Crippen LogP contribution in [0, 0.1) is 18.8 Å². The summed E-state index contributed by atoms with van der Waals surface area (Å²) in [6.07, 6.45) is 2.13. The number of nitrogens with one attached hydrogen (secondary N) is 1. The molecule has 2 rings (SSSR count). The molecule has 0 atom stereocenters. The molecule has 0 unspecified atom stereocenters. The first-order valence-corrected chi connectivity index (χ1v) is 6.16. The third-order valence-electron chi connectivity index (χ3n) is 3.23. The van der Waals surface area contributed by atoms with E-state index in [1.807, 2.05) is 25.1 Å². The van der Waals surface area contributed by atoms with Crippen LogP contribution in [0.1, 0.15) is 41.3 Å². The summed E-state index contributed by atoms with van der Waals surface area (Å²) in [5.74, 6) is 5.81. The summed E-state index contributed by atoms with van der Waals surface area (Å²) in [5, 5.41) is 3.04. The predicted octanol–water partition coefficient (Wildman–Crippen LogP) is 1.59. The smallest absolute Gasteiger partial charge is 0.251 e. The lowest BCUT2D eigenvalue weighted by molar-refractivity contribution is 0.0935. The molecule has 18 heavy (non-hydrogen) atoms. The maximum atomic E-state index is 12.0. The van der Waals surface area contributed by atoms with Crippen LogP contribution in [0.25, 0.3) is 0 Å². The van der Waals surface area contributed by atoms with E-state index in [4.69, 9.17) is 5.73 Å². The van der Waals surface area contributed by atoms with Crippen LogP contribution in [-0.4, -0.2) is 18.0 Å². The second-order valence-corrected chi connectivity index (χ2v) is 5.05. The maximum Gasteiger partial charge on any atom is 0.251 e. The van der Waals surface area contributed by atoms with Crippen LogP contribution < -0.4 is 11.1 Å². The van der Waals surface area contributed by atoms with Gasteiger partial charge in [-0.2, -0.15) is 0 Å². The van der Waals surface area contributed by atoms with Crippen molar-refractivity contribution in [2.24, 2.45) is 5.73 Å². The minimum absolute atomic E-state index is 0.00330. The van der Waals surface area contributed by atoms with Gasteiger partial charge in [-0.15, -0.1) is 0 Å². The van der Waals surface area contributed by atoms with Crippen LogP contribution >= 0.6 is 0 Å². The standard InChI is InChI=1S/C15H18N2O/c1-11-10-13(6-5-12(11)4-3-9-16)14(18)17-15(2)7-8-15/h5-6,10H,7-9,16H2,1-2H3,(H,17,18).